The predicted octanol–water partition coefficient (Wildman–Crippen LogP) is 0.738. The highest BCUT2D eigenvalue weighted by atomic mass is 32.2. The van der Waals surface area contributed by atoms with Crippen molar-refractivity contribution in [2.75, 3.05) is 5.75 Å². The van der Waals surface area contributed by atoms with E-state index in [0.29, 0.717) is 12.3 Å². The van der Waals surface area contributed by atoms with Gasteiger partial charge in [0, 0.05) is 12.2 Å². The van der Waals surface area contributed by atoms with E-state index in [1.807, 2.05) is 11.5 Å². The van der Waals surface area contributed by atoms with Crippen LogP contribution in [0.1, 0.15) is 6.42 Å². The van der Waals surface area contributed by atoms with Crippen LogP contribution >= 0.6 is 11.8 Å². The highest BCUT2D eigenvalue weighted by Gasteiger charge is 2.11. The SMILES string of the molecule is NC(=O)CC1C=CSC1. The molecule has 1 unspecified atom stereocenters. The van der Waals surface area contributed by atoms with Crippen LogP contribution < -0.4 is 5.73 Å². The van der Waals surface area contributed by atoms with Gasteiger partial charge >= 0.3 is 0 Å². The van der Waals surface area contributed by atoms with E-state index in [1.54, 1.807) is 11.8 Å². The lowest BCUT2D eigenvalue weighted by molar-refractivity contribution is -0.118. The van der Waals surface area contributed by atoms with E-state index in [2.05, 4.69) is 0 Å². The second-order valence-corrected chi connectivity index (χ2v) is 3.03. The van der Waals surface area contributed by atoms with Crippen molar-refractivity contribution in [2.24, 2.45) is 11.7 Å². The van der Waals surface area contributed by atoms with E-state index >= 15 is 0 Å². The third-order valence-electron chi connectivity index (χ3n) is 1.22. The number of carbonyl (C=O) groups is 1. The van der Waals surface area contributed by atoms with Gasteiger partial charge in [0.2, 0.25) is 5.91 Å². The highest BCUT2D eigenvalue weighted by molar-refractivity contribution is 8.02. The predicted molar refractivity (Wildman–Crippen MR) is 38.9 cm³/mol. The van der Waals surface area contributed by atoms with Gasteiger partial charge in [0.05, 0.1) is 0 Å². The number of nitrogens with two attached hydrogens (primary N) is 1. The molecule has 0 fully saturated rings. The molecular weight excluding hydrogens is 134 g/mol. The Bertz CT molecular complexity index is 144. The van der Waals surface area contributed by atoms with Crippen molar-refractivity contribution < 1.29 is 4.79 Å². The fraction of sp³-hybridized carbons (Fsp3) is 0.500. The number of amides is 1. The summed E-state index contributed by atoms with van der Waals surface area (Å²) in [5, 5.41) is 2.02. The molecule has 0 aromatic rings. The molecule has 0 aromatic heterocycles. The van der Waals surface area contributed by atoms with Crippen LogP contribution in [-0.2, 0) is 4.79 Å². The quantitative estimate of drug-likeness (QED) is 0.619. The molecule has 9 heavy (non-hydrogen) atoms. The lowest BCUT2D eigenvalue weighted by Gasteiger charge is -2.00. The third-order valence-corrected chi connectivity index (χ3v) is 2.19. The van der Waals surface area contributed by atoms with Gasteiger partial charge in [0.25, 0.3) is 0 Å². The summed E-state index contributed by atoms with van der Waals surface area (Å²) >= 11 is 1.74. The molecule has 0 radical (unpaired) electrons. The molecule has 1 amide bonds. The lowest BCUT2D eigenvalue weighted by Crippen LogP contribution is -2.15. The van der Waals surface area contributed by atoms with Gasteiger partial charge in [-0.3, -0.25) is 4.79 Å². The first-order valence-corrected chi connectivity index (χ1v) is 3.90. The molecule has 1 atom stereocenters. The highest BCUT2D eigenvalue weighted by Crippen LogP contribution is 2.22. The first-order chi connectivity index (χ1) is 4.29. The van der Waals surface area contributed by atoms with Crippen LogP contribution in [0.5, 0.6) is 0 Å². The summed E-state index contributed by atoms with van der Waals surface area (Å²) in [6.07, 6.45) is 2.54. The summed E-state index contributed by atoms with van der Waals surface area (Å²) in [6, 6.07) is 0. The van der Waals surface area contributed by atoms with Gasteiger partial charge in [-0.05, 0) is 11.3 Å². The van der Waals surface area contributed by atoms with Gasteiger partial charge in [0.1, 0.15) is 0 Å². The maximum Gasteiger partial charge on any atom is 0.218 e. The van der Waals surface area contributed by atoms with E-state index in [1.165, 1.54) is 0 Å². The zero-order valence-electron chi connectivity index (χ0n) is 5.04. The van der Waals surface area contributed by atoms with E-state index in [-0.39, 0.29) is 5.91 Å². The fourth-order valence-corrected chi connectivity index (χ4v) is 1.71. The normalized spacial score (nSPS) is 24.7. The zero-order valence-corrected chi connectivity index (χ0v) is 5.86. The first-order valence-electron chi connectivity index (χ1n) is 2.85. The molecule has 1 aliphatic rings. The topological polar surface area (TPSA) is 43.1 Å². The Labute approximate surface area is 58.5 Å². The average molecular weight is 143 g/mol. The summed E-state index contributed by atoms with van der Waals surface area (Å²) in [7, 11) is 0. The number of hydrogen-bond acceptors (Lipinski definition) is 2. The second-order valence-electron chi connectivity index (χ2n) is 2.09. The van der Waals surface area contributed by atoms with Crippen LogP contribution in [0.3, 0.4) is 0 Å². The smallest absolute Gasteiger partial charge is 0.218 e. The van der Waals surface area contributed by atoms with Gasteiger partial charge in [-0.15, -0.1) is 11.8 Å². The van der Waals surface area contributed by atoms with Gasteiger partial charge in [0.15, 0.2) is 0 Å². The number of thioether (sulfide) groups is 1. The van der Waals surface area contributed by atoms with Crippen molar-refractivity contribution in [3.63, 3.8) is 0 Å². The summed E-state index contributed by atoms with van der Waals surface area (Å²) in [5.74, 6) is 1.21. The molecular formula is C6H9NOS. The Morgan fingerprint density at radius 1 is 1.89 bits per heavy atom. The Kier molecular flexibility index (Phi) is 2.16. The maximum absolute atomic E-state index is 10.3. The van der Waals surface area contributed by atoms with Crippen molar-refractivity contribution in [1.29, 1.82) is 0 Å². The maximum atomic E-state index is 10.3. The van der Waals surface area contributed by atoms with E-state index in [9.17, 15) is 4.79 Å². The molecule has 0 aromatic carbocycles. The van der Waals surface area contributed by atoms with Crippen LogP contribution in [0.25, 0.3) is 0 Å². The van der Waals surface area contributed by atoms with Crippen LogP contribution in [0.4, 0.5) is 0 Å². The van der Waals surface area contributed by atoms with Gasteiger partial charge in [-0.25, -0.2) is 0 Å². The van der Waals surface area contributed by atoms with E-state index in [4.69, 9.17) is 5.73 Å². The number of primary amides is 1. The molecule has 0 spiro atoms. The third kappa shape index (κ3) is 2.10. The van der Waals surface area contributed by atoms with Crippen LogP contribution in [-0.4, -0.2) is 11.7 Å². The van der Waals surface area contributed by atoms with Crippen LogP contribution in [0.2, 0.25) is 0 Å². The van der Waals surface area contributed by atoms with Gasteiger partial charge in [-0.2, -0.15) is 0 Å². The Morgan fingerprint density at radius 3 is 3.11 bits per heavy atom. The minimum absolute atomic E-state index is 0.202. The number of rotatable bonds is 2. The molecule has 50 valence electrons. The standard InChI is InChI=1S/C6H9NOS/c7-6(8)3-5-1-2-9-4-5/h1-2,5H,3-4H2,(H2,7,8). The summed E-state index contributed by atoms with van der Waals surface area (Å²) < 4.78 is 0. The molecule has 2 N–H and O–H groups in total. The molecule has 0 saturated heterocycles. The average Bonchev–Trinajstić information content (AvgIpc) is 2.15. The molecule has 3 heteroatoms. The van der Waals surface area contributed by atoms with Gasteiger partial charge in [-0.1, -0.05) is 6.08 Å². The van der Waals surface area contributed by atoms with Crippen molar-refractivity contribution >= 4 is 17.7 Å². The largest absolute Gasteiger partial charge is 0.370 e. The zero-order chi connectivity index (χ0) is 6.69. The molecule has 1 rings (SSSR count). The monoisotopic (exact) mass is 143 g/mol. The van der Waals surface area contributed by atoms with Gasteiger partial charge < -0.3 is 5.73 Å². The number of allylic oxidation sites excluding steroid dienone is 1. The van der Waals surface area contributed by atoms with Crippen LogP contribution in [0, 0.1) is 5.92 Å². The summed E-state index contributed by atoms with van der Waals surface area (Å²) in [5.41, 5.74) is 4.99. The van der Waals surface area contributed by atoms with E-state index < -0.39 is 0 Å². The first kappa shape index (κ1) is 6.68. The van der Waals surface area contributed by atoms with Crippen LogP contribution in [0.15, 0.2) is 11.5 Å². The summed E-state index contributed by atoms with van der Waals surface area (Å²) in [6.45, 7) is 0. The van der Waals surface area contributed by atoms with Crippen molar-refractivity contribution in [3.05, 3.63) is 11.5 Å². The Balaban J connectivity index is 2.28. The molecule has 0 bridgehead atoms. The fourth-order valence-electron chi connectivity index (χ4n) is 0.787. The molecule has 0 aliphatic carbocycles. The molecule has 0 saturated carbocycles. The van der Waals surface area contributed by atoms with Crippen molar-refractivity contribution in [1.82, 2.24) is 0 Å². The van der Waals surface area contributed by atoms with E-state index in [0.717, 1.165) is 5.75 Å². The second kappa shape index (κ2) is 2.92. The van der Waals surface area contributed by atoms with Crippen molar-refractivity contribution in [2.45, 2.75) is 6.42 Å². The van der Waals surface area contributed by atoms with Crippen molar-refractivity contribution in [3.8, 4) is 0 Å². The minimum atomic E-state index is -0.202. The number of hydrogen-bond donors (Lipinski definition) is 1. The molecule has 1 heterocycles. The minimum Gasteiger partial charge on any atom is -0.370 e. The lowest BCUT2D eigenvalue weighted by atomic mass is 10.1. The Morgan fingerprint density at radius 2 is 2.67 bits per heavy atom. The molecule has 2 nitrogen and oxygen atoms in total. The molecule has 1 aliphatic heterocycles. The Hall–Kier alpha value is -0.440. The number of carbonyl (C=O) groups excluding carboxylic acids is 1. The summed E-state index contributed by atoms with van der Waals surface area (Å²) in [4.78, 5) is 10.3.